The summed E-state index contributed by atoms with van der Waals surface area (Å²) in [5.74, 6) is -0.0512. The fraction of sp³-hybridized carbons (Fsp3) is 0.600. The highest BCUT2D eigenvalue weighted by Crippen LogP contribution is 2.47. The minimum absolute atomic E-state index is 0.0512. The first-order valence-electron chi connectivity index (χ1n) is 6.65. The van der Waals surface area contributed by atoms with Gasteiger partial charge in [0.15, 0.2) is 0 Å². The lowest BCUT2D eigenvalue weighted by atomic mass is 9.76. The van der Waals surface area contributed by atoms with E-state index in [0.717, 1.165) is 11.3 Å². The van der Waals surface area contributed by atoms with E-state index in [1.165, 1.54) is 0 Å². The van der Waals surface area contributed by atoms with Gasteiger partial charge in [0, 0.05) is 29.8 Å². The average molecular weight is 287 g/mol. The minimum Gasteiger partial charge on any atom is -0.369 e. The summed E-state index contributed by atoms with van der Waals surface area (Å²) in [7, 11) is 1.97. The summed E-state index contributed by atoms with van der Waals surface area (Å²) >= 11 is 0. The van der Waals surface area contributed by atoms with Gasteiger partial charge in [-0.1, -0.05) is 25.1 Å². The summed E-state index contributed by atoms with van der Waals surface area (Å²) in [6.45, 7) is 4.78. The van der Waals surface area contributed by atoms with Crippen molar-refractivity contribution in [3.8, 4) is 0 Å². The van der Waals surface area contributed by atoms with Crippen LogP contribution in [0.2, 0.25) is 0 Å². The zero-order valence-electron chi connectivity index (χ0n) is 12.2. The van der Waals surface area contributed by atoms with Crippen LogP contribution in [0.15, 0.2) is 24.3 Å². The van der Waals surface area contributed by atoms with Crippen LogP contribution < -0.4 is 4.90 Å². The predicted molar refractivity (Wildman–Crippen MR) is 72.8 cm³/mol. The van der Waals surface area contributed by atoms with Gasteiger partial charge in [0.1, 0.15) is 6.61 Å². The molecule has 2 atom stereocenters. The highest BCUT2D eigenvalue weighted by Gasteiger charge is 2.44. The Balaban J connectivity index is 2.37. The summed E-state index contributed by atoms with van der Waals surface area (Å²) in [4.78, 5) is 2.11. The van der Waals surface area contributed by atoms with Crippen LogP contribution in [0.3, 0.4) is 0 Å². The Hall–Kier alpha value is -1.23. The number of ether oxygens (including phenoxy) is 1. The molecule has 1 heterocycles. The van der Waals surface area contributed by atoms with Gasteiger partial charge in [-0.3, -0.25) is 0 Å². The van der Waals surface area contributed by atoms with E-state index < -0.39 is 18.9 Å². The second kappa shape index (κ2) is 4.95. The van der Waals surface area contributed by atoms with Gasteiger partial charge in [0.25, 0.3) is 0 Å². The molecular weight excluding hydrogens is 267 g/mol. The van der Waals surface area contributed by atoms with Crippen LogP contribution in [-0.4, -0.2) is 25.4 Å². The molecule has 0 aromatic heterocycles. The number of halogens is 3. The molecule has 2 nitrogen and oxygen atoms in total. The normalized spacial score (nSPS) is 25.4. The molecule has 1 aromatic rings. The van der Waals surface area contributed by atoms with Gasteiger partial charge < -0.3 is 9.64 Å². The first-order chi connectivity index (χ1) is 9.14. The number of anilines is 1. The van der Waals surface area contributed by atoms with Gasteiger partial charge in [-0.05, 0) is 19.9 Å². The van der Waals surface area contributed by atoms with Gasteiger partial charge in [-0.15, -0.1) is 0 Å². The third-order valence-electron chi connectivity index (χ3n) is 4.46. The number of hydrogen-bond donors (Lipinski definition) is 0. The average Bonchev–Trinajstić information content (AvgIpc) is 2.35. The fourth-order valence-corrected chi connectivity index (χ4v) is 2.71. The molecule has 1 aliphatic heterocycles. The number of para-hydroxylation sites is 1. The smallest absolute Gasteiger partial charge is 0.369 e. The molecule has 0 bridgehead atoms. The SMILES string of the molecule is CC1C(OCC(F)(F)F)c2ccccc2N(C)C1(C)C. The molecule has 2 rings (SSSR count). The zero-order valence-corrected chi connectivity index (χ0v) is 12.2. The number of nitrogens with zero attached hydrogens (tertiary/aromatic N) is 1. The highest BCUT2D eigenvalue weighted by atomic mass is 19.4. The van der Waals surface area contributed by atoms with Crippen molar-refractivity contribution in [1.82, 2.24) is 0 Å². The molecule has 0 saturated heterocycles. The number of benzene rings is 1. The van der Waals surface area contributed by atoms with Crippen molar-refractivity contribution in [3.05, 3.63) is 29.8 Å². The Morgan fingerprint density at radius 1 is 1.25 bits per heavy atom. The summed E-state index contributed by atoms with van der Waals surface area (Å²) < 4.78 is 42.6. The van der Waals surface area contributed by atoms with Crippen molar-refractivity contribution >= 4 is 5.69 Å². The van der Waals surface area contributed by atoms with Crippen LogP contribution in [0, 0.1) is 5.92 Å². The maximum atomic E-state index is 12.4. The molecule has 1 aromatic carbocycles. The largest absolute Gasteiger partial charge is 0.411 e. The van der Waals surface area contributed by atoms with Gasteiger partial charge in [0.05, 0.1) is 6.10 Å². The van der Waals surface area contributed by atoms with Crippen molar-refractivity contribution < 1.29 is 17.9 Å². The van der Waals surface area contributed by atoms with Crippen molar-refractivity contribution in [1.29, 1.82) is 0 Å². The Kier molecular flexibility index (Phi) is 3.75. The molecule has 5 heteroatoms. The molecule has 0 saturated carbocycles. The number of hydrogen-bond acceptors (Lipinski definition) is 2. The molecule has 0 radical (unpaired) electrons. The van der Waals surface area contributed by atoms with Gasteiger partial charge in [-0.25, -0.2) is 0 Å². The quantitative estimate of drug-likeness (QED) is 0.809. The predicted octanol–water partition coefficient (Wildman–Crippen LogP) is 4.17. The number of fused-ring (bicyclic) bond motifs is 1. The zero-order chi connectivity index (χ0) is 15.1. The summed E-state index contributed by atoms with van der Waals surface area (Å²) in [5.41, 5.74) is 1.48. The van der Waals surface area contributed by atoms with E-state index in [-0.39, 0.29) is 11.5 Å². The molecule has 1 aliphatic rings. The maximum absolute atomic E-state index is 12.4. The lowest BCUT2D eigenvalue weighted by Gasteiger charge is -2.50. The highest BCUT2D eigenvalue weighted by molar-refractivity contribution is 5.58. The second-order valence-corrected chi connectivity index (χ2v) is 5.91. The van der Waals surface area contributed by atoms with Gasteiger partial charge >= 0.3 is 6.18 Å². The van der Waals surface area contributed by atoms with Gasteiger partial charge in [0.2, 0.25) is 0 Å². The first kappa shape index (κ1) is 15.2. The second-order valence-electron chi connectivity index (χ2n) is 5.91. The number of rotatable bonds is 2. The molecule has 0 fully saturated rings. The van der Waals surface area contributed by atoms with E-state index in [4.69, 9.17) is 4.74 Å². The van der Waals surface area contributed by atoms with E-state index in [9.17, 15) is 13.2 Å². The topological polar surface area (TPSA) is 12.5 Å². The standard InChI is InChI=1S/C15H20F3NO/c1-10-13(20-9-15(16,17)18)11-7-5-6-8-12(11)19(4)14(10,2)3/h5-8,10,13H,9H2,1-4H3. The third kappa shape index (κ3) is 2.64. The maximum Gasteiger partial charge on any atom is 0.411 e. The molecule has 0 aliphatic carbocycles. The van der Waals surface area contributed by atoms with Crippen molar-refractivity contribution in [2.45, 2.75) is 38.6 Å². The molecule has 2 unspecified atom stereocenters. The minimum atomic E-state index is -4.30. The van der Waals surface area contributed by atoms with Crippen LogP contribution in [0.4, 0.5) is 18.9 Å². The van der Waals surface area contributed by atoms with E-state index in [0.29, 0.717) is 0 Å². The molecule has 112 valence electrons. The van der Waals surface area contributed by atoms with E-state index in [2.05, 4.69) is 4.90 Å². The van der Waals surface area contributed by atoms with Crippen LogP contribution in [-0.2, 0) is 4.74 Å². The fourth-order valence-electron chi connectivity index (χ4n) is 2.71. The first-order valence-corrected chi connectivity index (χ1v) is 6.65. The Morgan fingerprint density at radius 3 is 2.45 bits per heavy atom. The van der Waals surface area contributed by atoms with Crippen LogP contribution in [0.5, 0.6) is 0 Å². The third-order valence-corrected chi connectivity index (χ3v) is 4.46. The van der Waals surface area contributed by atoms with E-state index in [1.54, 1.807) is 0 Å². The lowest BCUT2D eigenvalue weighted by molar-refractivity contribution is -0.193. The number of alkyl halides is 3. The van der Waals surface area contributed by atoms with Crippen molar-refractivity contribution in [2.24, 2.45) is 5.92 Å². The van der Waals surface area contributed by atoms with Crippen molar-refractivity contribution in [3.63, 3.8) is 0 Å². The molecular formula is C15H20F3NO. The molecule has 0 amide bonds. The lowest BCUT2D eigenvalue weighted by Crippen LogP contribution is -2.52. The Morgan fingerprint density at radius 2 is 1.85 bits per heavy atom. The Labute approximate surface area is 117 Å². The summed E-state index contributed by atoms with van der Waals surface area (Å²) in [6.07, 6.45) is -4.85. The van der Waals surface area contributed by atoms with Gasteiger partial charge in [-0.2, -0.15) is 13.2 Å². The summed E-state index contributed by atoms with van der Waals surface area (Å²) in [5, 5.41) is 0. The Bertz CT molecular complexity index is 484. The molecule has 0 N–H and O–H groups in total. The van der Waals surface area contributed by atoms with Crippen LogP contribution >= 0.6 is 0 Å². The monoisotopic (exact) mass is 287 g/mol. The van der Waals surface area contributed by atoms with Crippen molar-refractivity contribution in [2.75, 3.05) is 18.6 Å². The summed E-state index contributed by atoms with van der Waals surface area (Å²) in [6, 6.07) is 7.50. The molecule has 0 spiro atoms. The molecule has 20 heavy (non-hydrogen) atoms. The van der Waals surface area contributed by atoms with E-state index >= 15 is 0 Å². The van der Waals surface area contributed by atoms with E-state index in [1.807, 2.05) is 52.1 Å². The van der Waals surface area contributed by atoms with Crippen LogP contribution in [0.1, 0.15) is 32.4 Å². The van der Waals surface area contributed by atoms with Crippen LogP contribution in [0.25, 0.3) is 0 Å².